The van der Waals surface area contributed by atoms with Gasteiger partial charge in [0, 0.05) is 24.8 Å². The summed E-state index contributed by atoms with van der Waals surface area (Å²) < 4.78 is 18.8. The first-order valence-corrected chi connectivity index (χ1v) is 5.76. The van der Waals surface area contributed by atoms with Crippen LogP contribution in [0.15, 0.2) is 18.2 Å². The van der Waals surface area contributed by atoms with Gasteiger partial charge in [-0.05, 0) is 31.5 Å². The van der Waals surface area contributed by atoms with E-state index in [1.807, 2.05) is 0 Å². The van der Waals surface area contributed by atoms with Crippen LogP contribution in [0.25, 0.3) is 0 Å². The van der Waals surface area contributed by atoms with Crippen LogP contribution in [0.3, 0.4) is 0 Å². The van der Waals surface area contributed by atoms with Crippen molar-refractivity contribution in [3.05, 3.63) is 29.6 Å². The summed E-state index contributed by atoms with van der Waals surface area (Å²) in [7, 11) is 0. The minimum absolute atomic E-state index is 0.0770. The number of rotatable bonds is 3. The molecule has 0 saturated carbocycles. The lowest BCUT2D eigenvalue weighted by molar-refractivity contribution is 0.108. The molecule has 0 bridgehead atoms. The minimum Gasteiger partial charge on any atom is -0.385 e. The highest BCUT2D eigenvalue weighted by atomic mass is 19.1. The first-order valence-electron chi connectivity index (χ1n) is 5.76. The summed E-state index contributed by atoms with van der Waals surface area (Å²) in [5.41, 5.74) is 0.786. The van der Waals surface area contributed by atoms with Gasteiger partial charge < -0.3 is 10.1 Å². The zero-order valence-electron chi connectivity index (χ0n) is 9.74. The van der Waals surface area contributed by atoms with Gasteiger partial charge in [0.1, 0.15) is 11.9 Å². The van der Waals surface area contributed by atoms with Gasteiger partial charge in [-0.3, -0.25) is 0 Å². The number of nitriles is 1. The summed E-state index contributed by atoms with van der Waals surface area (Å²) in [6.45, 7) is 3.63. The smallest absolute Gasteiger partial charge is 0.143 e. The maximum absolute atomic E-state index is 13.3. The number of hydrogen-bond acceptors (Lipinski definition) is 3. The van der Waals surface area contributed by atoms with Gasteiger partial charge in [0.25, 0.3) is 0 Å². The maximum atomic E-state index is 13.3. The fourth-order valence-corrected chi connectivity index (χ4v) is 2.01. The van der Waals surface area contributed by atoms with Crippen molar-refractivity contribution in [3.63, 3.8) is 0 Å². The summed E-state index contributed by atoms with van der Waals surface area (Å²) in [6.07, 6.45) is 1.29. The van der Waals surface area contributed by atoms with Crippen LogP contribution in [0.2, 0.25) is 0 Å². The topological polar surface area (TPSA) is 45.0 Å². The third-order valence-electron chi connectivity index (χ3n) is 3.19. The Bertz CT molecular complexity index is 442. The van der Waals surface area contributed by atoms with Crippen molar-refractivity contribution in [1.29, 1.82) is 5.26 Å². The molecule has 1 fully saturated rings. The largest absolute Gasteiger partial charge is 0.385 e. The van der Waals surface area contributed by atoms with E-state index in [2.05, 4.69) is 12.2 Å². The van der Waals surface area contributed by atoms with Gasteiger partial charge in [-0.15, -0.1) is 0 Å². The van der Waals surface area contributed by atoms with E-state index in [9.17, 15) is 4.39 Å². The Kier molecular flexibility index (Phi) is 3.60. The molecule has 0 spiro atoms. The molecule has 1 aromatic rings. The van der Waals surface area contributed by atoms with Gasteiger partial charge >= 0.3 is 0 Å². The molecular weight excluding hydrogens is 219 g/mol. The average Bonchev–Trinajstić information content (AvgIpc) is 2.72. The fourth-order valence-electron chi connectivity index (χ4n) is 2.01. The third kappa shape index (κ3) is 2.75. The van der Waals surface area contributed by atoms with Crippen molar-refractivity contribution in [1.82, 2.24) is 0 Å². The first kappa shape index (κ1) is 11.9. The van der Waals surface area contributed by atoms with Crippen LogP contribution in [0, 0.1) is 23.1 Å². The van der Waals surface area contributed by atoms with Gasteiger partial charge in [-0.25, -0.2) is 4.39 Å². The molecule has 0 aliphatic carbocycles. The van der Waals surface area contributed by atoms with Crippen LogP contribution in [-0.2, 0) is 4.74 Å². The van der Waals surface area contributed by atoms with Crippen LogP contribution >= 0.6 is 0 Å². The number of nitrogens with one attached hydrogen (secondary N) is 1. The van der Waals surface area contributed by atoms with Crippen molar-refractivity contribution in [2.24, 2.45) is 5.92 Å². The maximum Gasteiger partial charge on any atom is 0.143 e. The first-order chi connectivity index (χ1) is 8.20. The van der Waals surface area contributed by atoms with Gasteiger partial charge in [-0.1, -0.05) is 0 Å². The molecule has 3 nitrogen and oxygen atoms in total. The predicted octanol–water partition coefficient (Wildman–Crippen LogP) is 2.53. The molecule has 1 N–H and O–H groups in total. The second-order valence-electron chi connectivity index (χ2n) is 4.31. The van der Waals surface area contributed by atoms with Crippen molar-refractivity contribution in [2.45, 2.75) is 19.4 Å². The monoisotopic (exact) mass is 234 g/mol. The van der Waals surface area contributed by atoms with Gasteiger partial charge in [-0.2, -0.15) is 5.26 Å². The van der Waals surface area contributed by atoms with Crippen LogP contribution in [0.5, 0.6) is 0 Å². The lowest BCUT2D eigenvalue weighted by Gasteiger charge is -2.15. The Balaban J connectivity index is 1.95. The molecule has 1 aliphatic rings. The molecule has 0 amide bonds. The van der Waals surface area contributed by atoms with E-state index >= 15 is 0 Å². The average molecular weight is 234 g/mol. The molecule has 1 aliphatic heterocycles. The predicted molar refractivity (Wildman–Crippen MR) is 63.1 cm³/mol. The van der Waals surface area contributed by atoms with Crippen molar-refractivity contribution >= 4 is 5.69 Å². The molecule has 0 aromatic heterocycles. The van der Waals surface area contributed by atoms with Gasteiger partial charge in [0.15, 0.2) is 0 Å². The molecule has 0 radical (unpaired) electrons. The molecule has 4 heteroatoms. The molecule has 2 atom stereocenters. The highest BCUT2D eigenvalue weighted by molar-refractivity contribution is 5.48. The second kappa shape index (κ2) is 5.15. The number of benzene rings is 1. The molecule has 1 heterocycles. The summed E-state index contributed by atoms with van der Waals surface area (Å²) in [4.78, 5) is 0. The Labute approximate surface area is 100 Å². The van der Waals surface area contributed by atoms with Crippen molar-refractivity contribution in [2.75, 3.05) is 18.5 Å². The van der Waals surface area contributed by atoms with Gasteiger partial charge in [0.2, 0.25) is 0 Å². The van der Waals surface area contributed by atoms with E-state index in [-0.39, 0.29) is 11.7 Å². The van der Waals surface area contributed by atoms with Crippen LogP contribution in [0.1, 0.15) is 18.9 Å². The third-order valence-corrected chi connectivity index (χ3v) is 3.19. The number of anilines is 1. The Hall–Kier alpha value is -1.60. The zero-order chi connectivity index (χ0) is 12.3. The Morgan fingerprint density at radius 2 is 2.41 bits per heavy atom. The zero-order valence-corrected chi connectivity index (χ0v) is 9.74. The lowest BCUT2D eigenvalue weighted by atomic mass is 10.0. The fraction of sp³-hybridized carbons (Fsp3) is 0.462. The molecule has 1 saturated heterocycles. The SMILES string of the molecule is CC1OCCC1CNc1ccc(C#N)c(F)c1. The van der Waals surface area contributed by atoms with Crippen molar-refractivity contribution in [3.8, 4) is 6.07 Å². The number of nitrogens with zero attached hydrogens (tertiary/aromatic N) is 1. The van der Waals surface area contributed by atoms with E-state index in [0.717, 1.165) is 19.6 Å². The van der Waals surface area contributed by atoms with Crippen LogP contribution in [-0.4, -0.2) is 19.3 Å². The highest BCUT2D eigenvalue weighted by Crippen LogP contribution is 2.21. The van der Waals surface area contributed by atoms with Crippen LogP contribution < -0.4 is 5.32 Å². The summed E-state index contributed by atoms with van der Waals surface area (Å²) in [6, 6.07) is 6.38. The van der Waals surface area contributed by atoms with E-state index in [4.69, 9.17) is 10.00 Å². The van der Waals surface area contributed by atoms with Gasteiger partial charge in [0.05, 0.1) is 11.7 Å². The summed E-state index contributed by atoms with van der Waals surface area (Å²) in [5, 5.41) is 11.8. The Morgan fingerprint density at radius 3 is 3.00 bits per heavy atom. The Morgan fingerprint density at radius 1 is 1.59 bits per heavy atom. The highest BCUT2D eigenvalue weighted by Gasteiger charge is 2.23. The summed E-state index contributed by atoms with van der Waals surface area (Å²) >= 11 is 0. The number of ether oxygens (including phenoxy) is 1. The van der Waals surface area contributed by atoms with E-state index in [1.54, 1.807) is 12.1 Å². The summed E-state index contributed by atoms with van der Waals surface area (Å²) in [5.74, 6) is -0.0121. The molecule has 17 heavy (non-hydrogen) atoms. The lowest BCUT2D eigenvalue weighted by Crippen LogP contribution is -2.20. The number of hydrogen-bond donors (Lipinski definition) is 1. The minimum atomic E-state index is -0.478. The quantitative estimate of drug-likeness (QED) is 0.874. The van der Waals surface area contributed by atoms with Crippen molar-refractivity contribution < 1.29 is 9.13 Å². The standard InChI is InChI=1S/C13H15FN2O/c1-9-11(4-5-17-9)8-16-12-3-2-10(7-15)13(14)6-12/h2-3,6,9,11,16H,4-5,8H2,1H3. The van der Waals surface area contributed by atoms with Crippen LogP contribution in [0.4, 0.5) is 10.1 Å². The van der Waals surface area contributed by atoms with E-state index in [0.29, 0.717) is 11.6 Å². The molecular formula is C13H15FN2O. The van der Waals surface area contributed by atoms with E-state index < -0.39 is 5.82 Å². The van der Waals surface area contributed by atoms with E-state index in [1.165, 1.54) is 12.1 Å². The second-order valence-corrected chi connectivity index (χ2v) is 4.31. The molecule has 1 aromatic carbocycles. The molecule has 90 valence electrons. The number of halogens is 1. The normalized spacial score (nSPS) is 23.4. The molecule has 2 rings (SSSR count). The molecule has 2 unspecified atom stereocenters.